The molecule has 1 aromatic rings. The highest BCUT2D eigenvalue weighted by molar-refractivity contribution is 5.95. The van der Waals surface area contributed by atoms with Crippen LogP contribution in [-0.2, 0) is 0 Å². The minimum Gasteiger partial charge on any atom is -0.352 e. The predicted octanol–water partition coefficient (Wildman–Crippen LogP) is 2.03. The summed E-state index contributed by atoms with van der Waals surface area (Å²) in [5.74, 6) is 1.55. The number of piperidine rings is 1. The standard InChI is InChI=1S/C16H26N4O/c1-11(2)15-14(10-19-12(3)20-15)16(21)18-8-6-13-5-4-7-17-9-13/h10-11,13,17H,4-9H2,1-3H3,(H,18,21). The number of carbonyl (C=O) groups is 1. The fraction of sp³-hybridized carbons (Fsp3) is 0.688. The molecule has 0 radical (unpaired) electrons. The Labute approximate surface area is 127 Å². The first kappa shape index (κ1) is 15.9. The van der Waals surface area contributed by atoms with Crippen molar-refractivity contribution in [1.29, 1.82) is 0 Å². The van der Waals surface area contributed by atoms with Crippen LogP contribution in [0.2, 0.25) is 0 Å². The van der Waals surface area contributed by atoms with Crippen LogP contribution in [0.4, 0.5) is 0 Å². The third kappa shape index (κ3) is 4.49. The number of aryl methyl sites for hydroxylation is 1. The largest absolute Gasteiger partial charge is 0.352 e. The highest BCUT2D eigenvalue weighted by Gasteiger charge is 2.17. The van der Waals surface area contributed by atoms with E-state index in [4.69, 9.17) is 0 Å². The van der Waals surface area contributed by atoms with E-state index in [0.717, 1.165) is 31.7 Å². The zero-order valence-electron chi connectivity index (χ0n) is 13.3. The Morgan fingerprint density at radius 2 is 2.33 bits per heavy atom. The first-order valence-electron chi connectivity index (χ1n) is 7.90. The lowest BCUT2D eigenvalue weighted by atomic mass is 9.96. The normalized spacial score (nSPS) is 18.8. The van der Waals surface area contributed by atoms with E-state index in [1.807, 2.05) is 20.8 Å². The van der Waals surface area contributed by atoms with E-state index in [1.54, 1.807) is 6.20 Å². The maximum absolute atomic E-state index is 12.3. The summed E-state index contributed by atoms with van der Waals surface area (Å²) in [6.45, 7) is 8.86. The third-order valence-electron chi connectivity index (χ3n) is 3.97. The van der Waals surface area contributed by atoms with Gasteiger partial charge in [-0.1, -0.05) is 13.8 Å². The molecule has 1 saturated heterocycles. The number of rotatable bonds is 5. The van der Waals surface area contributed by atoms with Gasteiger partial charge >= 0.3 is 0 Å². The minimum atomic E-state index is -0.0533. The molecule has 1 aromatic heterocycles. The van der Waals surface area contributed by atoms with Gasteiger partial charge in [-0.25, -0.2) is 9.97 Å². The molecular weight excluding hydrogens is 264 g/mol. The van der Waals surface area contributed by atoms with E-state index in [0.29, 0.717) is 17.3 Å². The molecule has 0 saturated carbocycles. The summed E-state index contributed by atoms with van der Waals surface area (Å²) >= 11 is 0. The summed E-state index contributed by atoms with van der Waals surface area (Å²) in [5, 5.41) is 6.42. The van der Waals surface area contributed by atoms with E-state index in [-0.39, 0.29) is 11.8 Å². The zero-order chi connectivity index (χ0) is 15.2. The highest BCUT2D eigenvalue weighted by Crippen LogP contribution is 2.17. The number of carbonyl (C=O) groups excluding carboxylic acids is 1. The Bertz CT molecular complexity index is 481. The van der Waals surface area contributed by atoms with Gasteiger partial charge in [0.05, 0.1) is 11.3 Å². The molecule has 1 unspecified atom stereocenters. The summed E-state index contributed by atoms with van der Waals surface area (Å²) in [6, 6.07) is 0. The lowest BCUT2D eigenvalue weighted by Crippen LogP contribution is -2.33. The Kier molecular flexibility index (Phi) is 5.67. The van der Waals surface area contributed by atoms with Crippen molar-refractivity contribution in [3.8, 4) is 0 Å². The molecule has 0 aromatic carbocycles. The van der Waals surface area contributed by atoms with Gasteiger partial charge in [0, 0.05) is 12.7 Å². The van der Waals surface area contributed by atoms with Gasteiger partial charge in [0.15, 0.2) is 0 Å². The quantitative estimate of drug-likeness (QED) is 0.871. The molecule has 116 valence electrons. The van der Waals surface area contributed by atoms with E-state index >= 15 is 0 Å². The van der Waals surface area contributed by atoms with Crippen molar-refractivity contribution in [3.63, 3.8) is 0 Å². The number of hydrogen-bond donors (Lipinski definition) is 2. The van der Waals surface area contributed by atoms with Crippen molar-refractivity contribution in [2.45, 2.75) is 46.0 Å². The van der Waals surface area contributed by atoms with Crippen molar-refractivity contribution < 1.29 is 4.79 Å². The predicted molar refractivity (Wildman–Crippen MR) is 83.4 cm³/mol. The Hall–Kier alpha value is -1.49. The fourth-order valence-electron chi connectivity index (χ4n) is 2.76. The van der Waals surface area contributed by atoms with Crippen LogP contribution in [0.3, 0.4) is 0 Å². The number of nitrogens with one attached hydrogen (secondary N) is 2. The van der Waals surface area contributed by atoms with E-state index in [2.05, 4.69) is 20.6 Å². The number of aromatic nitrogens is 2. The molecular formula is C16H26N4O. The number of amides is 1. The van der Waals surface area contributed by atoms with Crippen LogP contribution in [0.5, 0.6) is 0 Å². The van der Waals surface area contributed by atoms with E-state index in [1.165, 1.54) is 12.8 Å². The zero-order valence-corrected chi connectivity index (χ0v) is 13.3. The Morgan fingerprint density at radius 1 is 1.52 bits per heavy atom. The van der Waals surface area contributed by atoms with Crippen LogP contribution < -0.4 is 10.6 Å². The first-order valence-corrected chi connectivity index (χ1v) is 7.90. The van der Waals surface area contributed by atoms with Crippen molar-refractivity contribution in [3.05, 3.63) is 23.3 Å². The molecule has 2 rings (SSSR count). The van der Waals surface area contributed by atoms with Gasteiger partial charge in [-0.15, -0.1) is 0 Å². The van der Waals surface area contributed by atoms with Gasteiger partial charge < -0.3 is 10.6 Å². The lowest BCUT2D eigenvalue weighted by Gasteiger charge is -2.22. The monoisotopic (exact) mass is 290 g/mol. The molecule has 1 atom stereocenters. The molecule has 5 heteroatoms. The molecule has 1 aliphatic heterocycles. The van der Waals surface area contributed by atoms with Gasteiger partial charge in [0.2, 0.25) is 0 Å². The second-order valence-corrected chi connectivity index (χ2v) is 6.13. The molecule has 0 aliphatic carbocycles. The average molecular weight is 290 g/mol. The molecule has 2 N–H and O–H groups in total. The van der Waals surface area contributed by atoms with Crippen molar-refractivity contribution >= 4 is 5.91 Å². The molecule has 21 heavy (non-hydrogen) atoms. The number of nitrogens with zero attached hydrogens (tertiary/aromatic N) is 2. The van der Waals surface area contributed by atoms with Crippen molar-refractivity contribution in [2.75, 3.05) is 19.6 Å². The van der Waals surface area contributed by atoms with Gasteiger partial charge in [-0.05, 0) is 51.1 Å². The third-order valence-corrected chi connectivity index (χ3v) is 3.97. The first-order chi connectivity index (χ1) is 10.1. The second kappa shape index (κ2) is 7.50. The average Bonchev–Trinajstić information content (AvgIpc) is 2.48. The van der Waals surface area contributed by atoms with Crippen LogP contribution in [-0.4, -0.2) is 35.5 Å². The molecule has 1 amide bonds. The fourth-order valence-corrected chi connectivity index (χ4v) is 2.76. The van der Waals surface area contributed by atoms with E-state index in [9.17, 15) is 4.79 Å². The summed E-state index contributed by atoms with van der Waals surface area (Å²) in [7, 11) is 0. The Morgan fingerprint density at radius 3 is 3.00 bits per heavy atom. The summed E-state index contributed by atoms with van der Waals surface area (Å²) in [4.78, 5) is 20.9. The summed E-state index contributed by atoms with van der Waals surface area (Å²) in [6.07, 6.45) is 5.17. The second-order valence-electron chi connectivity index (χ2n) is 6.13. The SMILES string of the molecule is Cc1ncc(C(=O)NCCC2CCCNC2)c(C(C)C)n1. The summed E-state index contributed by atoms with van der Waals surface area (Å²) < 4.78 is 0. The van der Waals surface area contributed by atoms with Gasteiger partial charge in [0.25, 0.3) is 5.91 Å². The molecule has 5 nitrogen and oxygen atoms in total. The van der Waals surface area contributed by atoms with Gasteiger partial charge in [-0.3, -0.25) is 4.79 Å². The van der Waals surface area contributed by atoms with Crippen molar-refractivity contribution in [1.82, 2.24) is 20.6 Å². The molecule has 0 spiro atoms. The summed E-state index contributed by atoms with van der Waals surface area (Å²) in [5.41, 5.74) is 1.44. The van der Waals surface area contributed by atoms with Gasteiger partial charge in [-0.2, -0.15) is 0 Å². The Balaban J connectivity index is 1.90. The smallest absolute Gasteiger partial charge is 0.254 e. The van der Waals surface area contributed by atoms with Crippen LogP contribution in [0.1, 0.15) is 60.9 Å². The highest BCUT2D eigenvalue weighted by atomic mass is 16.1. The lowest BCUT2D eigenvalue weighted by molar-refractivity contribution is 0.0948. The minimum absolute atomic E-state index is 0.0533. The molecule has 0 bridgehead atoms. The van der Waals surface area contributed by atoms with Crippen LogP contribution in [0.25, 0.3) is 0 Å². The molecule has 2 heterocycles. The number of hydrogen-bond acceptors (Lipinski definition) is 4. The van der Waals surface area contributed by atoms with E-state index < -0.39 is 0 Å². The van der Waals surface area contributed by atoms with Crippen LogP contribution >= 0.6 is 0 Å². The van der Waals surface area contributed by atoms with Gasteiger partial charge in [0.1, 0.15) is 5.82 Å². The van der Waals surface area contributed by atoms with Crippen LogP contribution in [0, 0.1) is 12.8 Å². The van der Waals surface area contributed by atoms with Crippen LogP contribution in [0.15, 0.2) is 6.20 Å². The molecule has 1 fully saturated rings. The topological polar surface area (TPSA) is 66.9 Å². The molecule has 1 aliphatic rings. The maximum Gasteiger partial charge on any atom is 0.254 e. The van der Waals surface area contributed by atoms with Crippen molar-refractivity contribution in [2.24, 2.45) is 5.92 Å². The maximum atomic E-state index is 12.3.